The molecule has 238 valence electrons. The quantitative estimate of drug-likeness (QED) is 0.173. The third-order valence-corrected chi connectivity index (χ3v) is 11.5. The molecular weight excluding hydrogens is 615 g/mol. The van der Waals surface area contributed by atoms with E-state index in [1.165, 1.54) is 93.8 Å². The predicted octanol–water partition coefficient (Wildman–Crippen LogP) is 13.3. The van der Waals surface area contributed by atoms with Crippen LogP contribution in [0.5, 0.6) is 0 Å². The normalized spacial score (nSPS) is 13.4. The molecule has 2 aliphatic rings. The monoisotopic (exact) mass is 647 g/mol. The molecule has 1 nitrogen and oxygen atoms in total. The highest BCUT2D eigenvalue weighted by atomic mass is 15.1. The van der Waals surface area contributed by atoms with Crippen molar-refractivity contribution in [2.75, 3.05) is 4.90 Å². The van der Waals surface area contributed by atoms with Crippen molar-refractivity contribution in [3.05, 3.63) is 210 Å². The first-order chi connectivity index (χ1) is 25.3. The lowest BCUT2D eigenvalue weighted by Gasteiger charge is -2.34. The van der Waals surface area contributed by atoms with Gasteiger partial charge in [0.1, 0.15) is 0 Å². The fourth-order valence-corrected chi connectivity index (χ4v) is 9.63. The molecule has 1 spiro atoms. The summed E-state index contributed by atoms with van der Waals surface area (Å²) in [6.45, 7) is 2.22. The fraction of sp³-hybridized carbons (Fsp3) is 0.0400. The number of fused-ring (bicyclic) bond motifs is 17. The molecule has 0 saturated heterocycles. The van der Waals surface area contributed by atoms with Crippen LogP contribution in [0.2, 0.25) is 0 Å². The summed E-state index contributed by atoms with van der Waals surface area (Å²) in [5.74, 6) is 0. The number of benzene rings is 9. The number of aryl methyl sites for hydroxylation is 1. The fourth-order valence-electron chi connectivity index (χ4n) is 9.63. The maximum atomic E-state index is 2.56. The second-order valence-electron chi connectivity index (χ2n) is 14.0. The van der Waals surface area contributed by atoms with Crippen molar-refractivity contribution < 1.29 is 0 Å². The number of hydrogen-bond acceptors (Lipinski definition) is 1. The van der Waals surface area contributed by atoms with E-state index in [1.54, 1.807) is 0 Å². The predicted molar refractivity (Wildman–Crippen MR) is 215 cm³/mol. The highest BCUT2D eigenvalue weighted by molar-refractivity contribution is 6.24. The zero-order chi connectivity index (χ0) is 33.7. The number of nitrogens with zero attached hydrogens (tertiary/aromatic N) is 1. The number of para-hydroxylation sites is 2. The van der Waals surface area contributed by atoms with Crippen LogP contribution in [-0.2, 0) is 5.41 Å². The average Bonchev–Trinajstić information content (AvgIpc) is 3.67. The topological polar surface area (TPSA) is 3.24 Å². The summed E-state index contributed by atoms with van der Waals surface area (Å²) in [6, 6.07) is 67.8. The molecule has 51 heavy (non-hydrogen) atoms. The zero-order valence-corrected chi connectivity index (χ0v) is 28.3. The summed E-state index contributed by atoms with van der Waals surface area (Å²) < 4.78 is 0. The van der Waals surface area contributed by atoms with E-state index in [9.17, 15) is 0 Å². The molecule has 1 heteroatoms. The summed E-state index contributed by atoms with van der Waals surface area (Å²) >= 11 is 0. The second kappa shape index (κ2) is 10.5. The first-order valence-corrected chi connectivity index (χ1v) is 17.9. The number of rotatable bonds is 3. The van der Waals surface area contributed by atoms with Gasteiger partial charge in [-0.25, -0.2) is 0 Å². The third kappa shape index (κ3) is 3.65. The molecule has 9 aromatic rings. The SMILES string of the molecule is Cc1ccccc1N(c1ccccc1)c1cc2c(c3ccccc13)-c1c(c3ccccc3c3ccccc13)C21c2ccccc2-c2ccccc21. The standard InChI is InChI=1S/C50H33N/c1-32-17-5-16-30-45(32)51(33-18-3-2-4-19-33)46-31-44-47(40-26-10-8-24-38(40)46)48-39-25-9-6-20-34(39)35-21-7-11-27-41(35)49(48)50(44)42-28-14-12-22-36(42)37-23-13-15-29-43(37)50/h2-31H,1H3. The maximum Gasteiger partial charge on any atom is 0.0732 e. The van der Waals surface area contributed by atoms with Gasteiger partial charge in [-0.3, -0.25) is 0 Å². The van der Waals surface area contributed by atoms with Crippen LogP contribution in [0, 0.1) is 6.92 Å². The van der Waals surface area contributed by atoms with Gasteiger partial charge < -0.3 is 4.90 Å². The van der Waals surface area contributed by atoms with Gasteiger partial charge in [-0.05, 0) is 108 Å². The molecule has 0 radical (unpaired) electrons. The van der Waals surface area contributed by atoms with Gasteiger partial charge in [-0.2, -0.15) is 0 Å². The van der Waals surface area contributed by atoms with Crippen LogP contribution < -0.4 is 4.90 Å². The van der Waals surface area contributed by atoms with Crippen molar-refractivity contribution >= 4 is 49.4 Å². The van der Waals surface area contributed by atoms with Crippen molar-refractivity contribution in [3.63, 3.8) is 0 Å². The van der Waals surface area contributed by atoms with Crippen LogP contribution in [0.15, 0.2) is 182 Å². The Hall–Kier alpha value is -6.44. The van der Waals surface area contributed by atoms with E-state index in [1.807, 2.05) is 0 Å². The van der Waals surface area contributed by atoms with E-state index >= 15 is 0 Å². The Labute approximate surface area is 297 Å². The first kappa shape index (κ1) is 28.4. The molecule has 0 aromatic heterocycles. The minimum Gasteiger partial charge on any atom is -0.310 e. The molecule has 0 amide bonds. The largest absolute Gasteiger partial charge is 0.310 e. The van der Waals surface area contributed by atoms with E-state index in [4.69, 9.17) is 0 Å². The van der Waals surface area contributed by atoms with E-state index in [0.29, 0.717) is 0 Å². The van der Waals surface area contributed by atoms with Gasteiger partial charge >= 0.3 is 0 Å². The van der Waals surface area contributed by atoms with E-state index in [0.717, 1.165) is 5.69 Å². The molecule has 0 heterocycles. The Kier molecular flexibility index (Phi) is 5.86. The Morgan fingerprint density at radius 2 is 0.863 bits per heavy atom. The second-order valence-corrected chi connectivity index (χ2v) is 14.0. The zero-order valence-electron chi connectivity index (χ0n) is 28.3. The molecule has 0 saturated carbocycles. The summed E-state index contributed by atoms with van der Waals surface area (Å²) in [4.78, 5) is 2.48. The molecule has 0 unspecified atom stereocenters. The molecular formula is C50H33N. The minimum atomic E-state index is -0.519. The van der Waals surface area contributed by atoms with Gasteiger partial charge in [-0.1, -0.05) is 158 Å². The van der Waals surface area contributed by atoms with Gasteiger partial charge in [0.15, 0.2) is 0 Å². The van der Waals surface area contributed by atoms with Crippen molar-refractivity contribution in [3.8, 4) is 22.3 Å². The average molecular weight is 648 g/mol. The molecule has 0 atom stereocenters. The summed E-state index contributed by atoms with van der Waals surface area (Å²) in [6.07, 6.45) is 0. The molecule has 11 rings (SSSR count). The van der Waals surface area contributed by atoms with E-state index in [2.05, 4.69) is 194 Å². The van der Waals surface area contributed by atoms with Crippen LogP contribution in [0.1, 0.15) is 27.8 Å². The lowest BCUT2D eigenvalue weighted by molar-refractivity contribution is 0.802. The van der Waals surface area contributed by atoms with Crippen LogP contribution in [0.3, 0.4) is 0 Å². The molecule has 2 aliphatic carbocycles. The van der Waals surface area contributed by atoms with Crippen LogP contribution in [-0.4, -0.2) is 0 Å². The minimum absolute atomic E-state index is 0.519. The smallest absolute Gasteiger partial charge is 0.0732 e. The van der Waals surface area contributed by atoms with Crippen LogP contribution in [0.25, 0.3) is 54.6 Å². The highest BCUT2D eigenvalue weighted by Gasteiger charge is 2.53. The third-order valence-electron chi connectivity index (χ3n) is 11.5. The molecule has 0 aliphatic heterocycles. The van der Waals surface area contributed by atoms with Crippen LogP contribution >= 0.6 is 0 Å². The first-order valence-electron chi connectivity index (χ1n) is 17.9. The van der Waals surface area contributed by atoms with Gasteiger partial charge in [0, 0.05) is 16.8 Å². The number of anilines is 3. The van der Waals surface area contributed by atoms with Crippen molar-refractivity contribution in [2.24, 2.45) is 0 Å². The Balaban J connectivity index is 1.40. The molecule has 0 fully saturated rings. The summed E-state index contributed by atoms with van der Waals surface area (Å²) in [5, 5.41) is 7.74. The van der Waals surface area contributed by atoms with Crippen molar-refractivity contribution in [1.82, 2.24) is 0 Å². The Morgan fingerprint density at radius 1 is 0.373 bits per heavy atom. The molecule has 9 aromatic carbocycles. The highest BCUT2D eigenvalue weighted by Crippen LogP contribution is 2.67. The lowest BCUT2D eigenvalue weighted by atomic mass is 9.69. The summed E-state index contributed by atoms with van der Waals surface area (Å²) in [5.41, 5.74) is 15.0. The number of hydrogen-bond donors (Lipinski definition) is 0. The van der Waals surface area contributed by atoms with E-state index < -0.39 is 5.41 Å². The maximum absolute atomic E-state index is 2.56. The lowest BCUT2D eigenvalue weighted by Crippen LogP contribution is -2.26. The Morgan fingerprint density at radius 3 is 1.53 bits per heavy atom. The van der Waals surface area contributed by atoms with Gasteiger partial charge in [0.2, 0.25) is 0 Å². The molecule has 0 bridgehead atoms. The summed E-state index contributed by atoms with van der Waals surface area (Å²) in [7, 11) is 0. The van der Waals surface area contributed by atoms with Crippen LogP contribution in [0.4, 0.5) is 17.1 Å². The molecule has 0 N–H and O–H groups in total. The van der Waals surface area contributed by atoms with Gasteiger partial charge in [-0.15, -0.1) is 0 Å². The van der Waals surface area contributed by atoms with Crippen molar-refractivity contribution in [2.45, 2.75) is 12.3 Å². The van der Waals surface area contributed by atoms with E-state index in [-0.39, 0.29) is 0 Å². The Bertz CT molecular complexity index is 2840. The van der Waals surface area contributed by atoms with Crippen molar-refractivity contribution in [1.29, 1.82) is 0 Å². The van der Waals surface area contributed by atoms with Gasteiger partial charge in [0.05, 0.1) is 11.1 Å². The van der Waals surface area contributed by atoms with Gasteiger partial charge in [0.25, 0.3) is 0 Å².